The molecule has 0 saturated heterocycles. The summed E-state index contributed by atoms with van der Waals surface area (Å²) in [6.45, 7) is 5.51. The maximum atomic E-state index is 10.4. The first-order valence-electron chi connectivity index (χ1n) is 7.41. The van der Waals surface area contributed by atoms with Crippen molar-refractivity contribution in [3.63, 3.8) is 0 Å². The van der Waals surface area contributed by atoms with Crippen molar-refractivity contribution < 1.29 is 5.11 Å². The third-order valence-electron chi connectivity index (χ3n) is 3.67. The lowest BCUT2D eigenvalue weighted by Crippen LogP contribution is -2.34. The predicted octanol–water partition coefficient (Wildman–Crippen LogP) is 2.90. The predicted molar refractivity (Wildman–Crippen MR) is 85.9 cm³/mol. The summed E-state index contributed by atoms with van der Waals surface area (Å²) in [6, 6.07) is 13.5. The molecule has 0 fully saturated rings. The Kier molecular flexibility index (Phi) is 5.65. The number of hydrogen-bond acceptors (Lipinski definition) is 4. The molecule has 2 aromatic rings. The second kappa shape index (κ2) is 7.69. The van der Waals surface area contributed by atoms with Crippen LogP contribution in [0.2, 0.25) is 0 Å². The smallest absolute Gasteiger partial charge is 0.0991 e. The van der Waals surface area contributed by atoms with Crippen LogP contribution in [-0.4, -0.2) is 27.6 Å². The first kappa shape index (κ1) is 16.2. The highest BCUT2D eigenvalue weighted by molar-refractivity contribution is 5.32. The number of aliphatic hydroxyl groups excluding tert-OH is 1. The molecule has 1 unspecified atom stereocenters. The molecule has 0 aliphatic carbocycles. The molecule has 2 rings (SSSR count). The van der Waals surface area contributed by atoms with Gasteiger partial charge in [0.05, 0.1) is 17.7 Å². The van der Waals surface area contributed by atoms with E-state index in [4.69, 9.17) is 5.26 Å². The van der Waals surface area contributed by atoms with Gasteiger partial charge in [0.2, 0.25) is 0 Å². The van der Waals surface area contributed by atoms with Crippen LogP contribution in [0.4, 0.5) is 0 Å². The number of pyridine rings is 1. The number of aliphatic hydroxyl groups is 1. The van der Waals surface area contributed by atoms with Crippen LogP contribution in [0.3, 0.4) is 0 Å². The molecular formula is C18H21N3O. The summed E-state index contributed by atoms with van der Waals surface area (Å²) < 4.78 is 0. The van der Waals surface area contributed by atoms with Crippen molar-refractivity contribution in [1.82, 2.24) is 9.88 Å². The monoisotopic (exact) mass is 295 g/mol. The van der Waals surface area contributed by atoms with Crippen LogP contribution in [0.5, 0.6) is 0 Å². The summed E-state index contributed by atoms with van der Waals surface area (Å²) in [4.78, 5) is 6.34. The average molecular weight is 295 g/mol. The van der Waals surface area contributed by atoms with Gasteiger partial charge in [0, 0.05) is 31.5 Å². The molecule has 0 bridgehead atoms. The topological polar surface area (TPSA) is 60.1 Å². The van der Waals surface area contributed by atoms with Gasteiger partial charge >= 0.3 is 0 Å². The van der Waals surface area contributed by atoms with E-state index in [9.17, 15) is 5.11 Å². The Hall–Kier alpha value is -2.22. The minimum Gasteiger partial charge on any atom is -0.387 e. The molecule has 1 N–H and O–H groups in total. The van der Waals surface area contributed by atoms with Gasteiger partial charge in [-0.05, 0) is 43.2 Å². The number of nitriles is 1. The molecule has 0 radical (unpaired) electrons. The molecule has 0 spiro atoms. The number of benzene rings is 1. The third-order valence-corrected chi connectivity index (χ3v) is 3.67. The normalized spacial score (nSPS) is 12.4. The van der Waals surface area contributed by atoms with E-state index in [1.165, 1.54) is 0 Å². The Morgan fingerprint density at radius 2 is 1.95 bits per heavy atom. The summed E-state index contributed by atoms with van der Waals surface area (Å²) in [5.41, 5.74) is 2.56. The zero-order chi connectivity index (χ0) is 15.9. The molecule has 0 aliphatic heterocycles. The van der Waals surface area contributed by atoms with Gasteiger partial charge in [0.15, 0.2) is 0 Å². The zero-order valence-corrected chi connectivity index (χ0v) is 13.0. The SMILES string of the molecule is CC(C)N(Cc1cccnc1)CC(O)c1ccc(C#N)cc1. The zero-order valence-electron chi connectivity index (χ0n) is 13.0. The van der Waals surface area contributed by atoms with E-state index in [0.29, 0.717) is 18.2 Å². The molecule has 1 aromatic heterocycles. The summed E-state index contributed by atoms with van der Waals surface area (Å²) in [5, 5.41) is 19.3. The van der Waals surface area contributed by atoms with E-state index >= 15 is 0 Å². The Labute approximate surface area is 131 Å². The van der Waals surface area contributed by atoms with Gasteiger partial charge in [0.25, 0.3) is 0 Å². The molecule has 0 saturated carbocycles. The Bertz CT molecular complexity index is 617. The lowest BCUT2D eigenvalue weighted by atomic mass is 10.1. The van der Waals surface area contributed by atoms with E-state index in [2.05, 4.69) is 29.8 Å². The molecule has 22 heavy (non-hydrogen) atoms. The van der Waals surface area contributed by atoms with Crippen molar-refractivity contribution in [3.8, 4) is 6.07 Å². The molecule has 0 aliphatic rings. The highest BCUT2D eigenvalue weighted by Crippen LogP contribution is 2.18. The summed E-state index contributed by atoms with van der Waals surface area (Å²) in [5.74, 6) is 0. The minimum absolute atomic E-state index is 0.313. The highest BCUT2D eigenvalue weighted by atomic mass is 16.3. The van der Waals surface area contributed by atoms with Crippen LogP contribution < -0.4 is 0 Å². The number of nitrogens with zero attached hydrogens (tertiary/aromatic N) is 3. The van der Waals surface area contributed by atoms with Gasteiger partial charge in [-0.1, -0.05) is 18.2 Å². The van der Waals surface area contributed by atoms with E-state index in [1.807, 2.05) is 30.5 Å². The van der Waals surface area contributed by atoms with Crippen LogP contribution in [-0.2, 0) is 6.54 Å². The number of rotatable bonds is 6. The first-order chi connectivity index (χ1) is 10.6. The fraction of sp³-hybridized carbons (Fsp3) is 0.333. The third kappa shape index (κ3) is 4.39. The van der Waals surface area contributed by atoms with Gasteiger partial charge < -0.3 is 5.11 Å². The molecule has 1 heterocycles. The summed E-state index contributed by atoms with van der Waals surface area (Å²) in [7, 11) is 0. The second-order valence-corrected chi connectivity index (χ2v) is 5.63. The lowest BCUT2D eigenvalue weighted by molar-refractivity contribution is 0.0907. The summed E-state index contributed by atoms with van der Waals surface area (Å²) in [6.07, 6.45) is 3.03. The standard InChI is InChI=1S/C18H21N3O/c1-14(2)21(12-16-4-3-9-20-11-16)13-18(22)17-7-5-15(10-19)6-8-17/h3-9,11,14,18,22H,12-13H2,1-2H3. The Morgan fingerprint density at radius 1 is 1.23 bits per heavy atom. The van der Waals surface area contributed by atoms with Crippen molar-refractivity contribution in [1.29, 1.82) is 5.26 Å². The highest BCUT2D eigenvalue weighted by Gasteiger charge is 2.16. The number of aromatic nitrogens is 1. The van der Waals surface area contributed by atoms with Gasteiger partial charge in [-0.25, -0.2) is 0 Å². The van der Waals surface area contributed by atoms with Crippen LogP contribution in [0.1, 0.15) is 36.6 Å². The van der Waals surface area contributed by atoms with Crippen molar-refractivity contribution >= 4 is 0 Å². The average Bonchev–Trinajstić information content (AvgIpc) is 2.55. The molecule has 1 atom stereocenters. The fourth-order valence-electron chi connectivity index (χ4n) is 2.29. The molecule has 4 nitrogen and oxygen atoms in total. The van der Waals surface area contributed by atoms with Gasteiger partial charge in [0.1, 0.15) is 0 Å². The lowest BCUT2D eigenvalue weighted by Gasteiger charge is -2.29. The van der Waals surface area contributed by atoms with Crippen LogP contribution in [0, 0.1) is 11.3 Å². The molecule has 4 heteroatoms. The van der Waals surface area contributed by atoms with Crippen LogP contribution in [0.25, 0.3) is 0 Å². The van der Waals surface area contributed by atoms with Gasteiger partial charge in [-0.3, -0.25) is 9.88 Å². The van der Waals surface area contributed by atoms with E-state index in [1.54, 1.807) is 18.3 Å². The molecule has 0 amide bonds. The Morgan fingerprint density at radius 3 is 2.50 bits per heavy atom. The molecule has 114 valence electrons. The van der Waals surface area contributed by atoms with Crippen LogP contribution in [0.15, 0.2) is 48.8 Å². The maximum absolute atomic E-state index is 10.4. The van der Waals surface area contributed by atoms with Crippen molar-refractivity contribution in [2.24, 2.45) is 0 Å². The van der Waals surface area contributed by atoms with E-state index < -0.39 is 6.10 Å². The summed E-state index contributed by atoms with van der Waals surface area (Å²) >= 11 is 0. The Balaban J connectivity index is 2.05. The second-order valence-electron chi connectivity index (χ2n) is 5.63. The van der Waals surface area contributed by atoms with Gasteiger partial charge in [-0.2, -0.15) is 5.26 Å². The van der Waals surface area contributed by atoms with Gasteiger partial charge in [-0.15, -0.1) is 0 Å². The van der Waals surface area contributed by atoms with Crippen molar-refractivity contribution in [2.45, 2.75) is 32.5 Å². The quantitative estimate of drug-likeness (QED) is 0.890. The fourth-order valence-corrected chi connectivity index (χ4v) is 2.29. The largest absolute Gasteiger partial charge is 0.387 e. The van der Waals surface area contributed by atoms with Crippen LogP contribution >= 0.6 is 0 Å². The maximum Gasteiger partial charge on any atom is 0.0991 e. The first-order valence-corrected chi connectivity index (χ1v) is 7.41. The van der Waals surface area contributed by atoms with E-state index in [-0.39, 0.29) is 0 Å². The van der Waals surface area contributed by atoms with Crippen molar-refractivity contribution in [2.75, 3.05) is 6.54 Å². The number of hydrogen-bond donors (Lipinski definition) is 1. The van der Waals surface area contributed by atoms with E-state index in [0.717, 1.165) is 17.7 Å². The van der Waals surface area contributed by atoms with Crippen molar-refractivity contribution in [3.05, 3.63) is 65.5 Å². The minimum atomic E-state index is -0.577. The molecular weight excluding hydrogens is 274 g/mol. The molecule has 1 aromatic carbocycles.